The maximum atomic E-state index is 11.7. The van der Waals surface area contributed by atoms with Crippen molar-refractivity contribution in [3.05, 3.63) is 11.2 Å². The Morgan fingerprint density at radius 3 is 2.78 bits per heavy atom. The van der Waals surface area contributed by atoms with Crippen LogP contribution in [0.3, 0.4) is 0 Å². The summed E-state index contributed by atoms with van der Waals surface area (Å²) in [6, 6.07) is 1.40. The van der Waals surface area contributed by atoms with Gasteiger partial charge in [-0.1, -0.05) is 11.6 Å². The molecule has 2 rings (SSSR count). The molecule has 1 heterocycles. The van der Waals surface area contributed by atoms with E-state index in [1.165, 1.54) is 13.2 Å². The van der Waals surface area contributed by atoms with E-state index in [9.17, 15) is 9.59 Å². The predicted octanol–water partition coefficient (Wildman–Crippen LogP) is 0.798. The van der Waals surface area contributed by atoms with Gasteiger partial charge >= 0.3 is 5.97 Å². The maximum Gasteiger partial charge on any atom is 0.307 e. The number of hydrogen-bond donors (Lipinski definition) is 2. The standard InChI is InChI=1S/C10H10ClN3O4/c1-18-7-3-6(11)12-10(13-7)14-8(15)4-2-5(4)9(16)17/h3-5H,2H2,1H3,(H,16,17)(H,12,13,14,15)/t4-,5+/m1/s1. The summed E-state index contributed by atoms with van der Waals surface area (Å²) in [5.41, 5.74) is 0. The molecule has 1 fully saturated rings. The van der Waals surface area contributed by atoms with E-state index < -0.39 is 23.7 Å². The number of halogens is 1. The molecule has 1 aromatic heterocycles. The van der Waals surface area contributed by atoms with Gasteiger partial charge in [-0.2, -0.15) is 4.98 Å². The number of aliphatic carboxylic acids is 1. The molecule has 2 atom stereocenters. The van der Waals surface area contributed by atoms with E-state index in [2.05, 4.69) is 15.3 Å². The summed E-state index contributed by atoms with van der Waals surface area (Å²) in [5.74, 6) is -2.33. The molecule has 0 spiro atoms. The summed E-state index contributed by atoms with van der Waals surface area (Å²) in [4.78, 5) is 30.0. The minimum Gasteiger partial charge on any atom is -0.481 e. The number of carboxylic acid groups (broad SMARTS) is 1. The Labute approximate surface area is 107 Å². The zero-order valence-electron chi connectivity index (χ0n) is 9.38. The number of hydrogen-bond acceptors (Lipinski definition) is 5. The molecule has 1 amide bonds. The molecule has 96 valence electrons. The van der Waals surface area contributed by atoms with Gasteiger partial charge in [0, 0.05) is 6.07 Å². The first-order valence-electron chi connectivity index (χ1n) is 5.13. The van der Waals surface area contributed by atoms with Crippen molar-refractivity contribution in [1.82, 2.24) is 9.97 Å². The zero-order valence-corrected chi connectivity index (χ0v) is 10.1. The number of anilines is 1. The molecule has 7 nitrogen and oxygen atoms in total. The molecule has 0 aliphatic heterocycles. The van der Waals surface area contributed by atoms with Crippen molar-refractivity contribution < 1.29 is 19.4 Å². The van der Waals surface area contributed by atoms with Crippen molar-refractivity contribution in [2.24, 2.45) is 11.8 Å². The number of nitrogens with one attached hydrogen (secondary N) is 1. The van der Waals surface area contributed by atoms with Crippen LogP contribution in [0.25, 0.3) is 0 Å². The monoisotopic (exact) mass is 271 g/mol. The van der Waals surface area contributed by atoms with Crippen LogP contribution in [0.15, 0.2) is 6.07 Å². The molecule has 1 aliphatic carbocycles. The second kappa shape index (κ2) is 4.77. The Morgan fingerprint density at radius 1 is 1.50 bits per heavy atom. The van der Waals surface area contributed by atoms with Gasteiger partial charge in [-0.25, -0.2) is 4.98 Å². The number of aromatic nitrogens is 2. The van der Waals surface area contributed by atoms with E-state index in [4.69, 9.17) is 21.4 Å². The van der Waals surface area contributed by atoms with E-state index in [-0.39, 0.29) is 17.0 Å². The van der Waals surface area contributed by atoms with Gasteiger partial charge < -0.3 is 9.84 Å². The van der Waals surface area contributed by atoms with E-state index >= 15 is 0 Å². The van der Waals surface area contributed by atoms with Gasteiger partial charge in [0.15, 0.2) is 0 Å². The van der Waals surface area contributed by atoms with Gasteiger partial charge in [0.1, 0.15) is 5.15 Å². The molecule has 18 heavy (non-hydrogen) atoms. The molecule has 2 N–H and O–H groups in total. The fourth-order valence-electron chi connectivity index (χ4n) is 1.52. The Hall–Kier alpha value is -1.89. The van der Waals surface area contributed by atoms with Crippen LogP contribution in [-0.4, -0.2) is 34.1 Å². The average Bonchev–Trinajstić information content (AvgIpc) is 3.07. The third-order valence-electron chi connectivity index (χ3n) is 2.56. The summed E-state index contributed by atoms with van der Waals surface area (Å²) < 4.78 is 4.87. The predicted molar refractivity (Wildman–Crippen MR) is 61.5 cm³/mol. The molecule has 1 saturated carbocycles. The lowest BCUT2D eigenvalue weighted by molar-refractivity contribution is -0.139. The highest BCUT2D eigenvalue weighted by Crippen LogP contribution is 2.39. The van der Waals surface area contributed by atoms with Crippen LogP contribution in [-0.2, 0) is 9.59 Å². The normalized spacial score (nSPS) is 21.2. The highest BCUT2D eigenvalue weighted by molar-refractivity contribution is 6.29. The van der Waals surface area contributed by atoms with Crippen LogP contribution < -0.4 is 10.1 Å². The van der Waals surface area contributed by atoms with Gasteiger partial charge in [0.25, 0.3) is 0 Å². The second-order valence-corrected chi connectivity index (χ2v) is 4.22. The average molecular weight is 272 g/mol. The molecule has 8 heteroatoms. The topological polar surface area (TPSA) is 101 Å². The van der Waals surface area contributed by atoms with Gasteiger partial charge in [-0.05, 0) is 6.42 Å². The molecule has 1 aliphatic rings. The molecule has 0 unspecified atom stereocenters. The number of methoxy groups -OCH3 is 1. The summed E-state index contributed by atoms with van der Waals surface area (Å²) in [6.07, 6.45) is 0.332. The van der Waals surface area contributed by atoms with E-state index in [0.29, 0.717) is 6.42 Å². The molecule has 0 aromatic carbocycles. The van der Waals surface area contributed by atoms with Crippen molar-refractivity contribution in [1.29, 1.82) is 0 Å². The van der Waals surface area contributed by atoms with Crippen LogP contribution in [0.2, 0.25) is 5.15 Å². The first-order chi connectivity index (χ1) is 8.51. The van der Waals surface area contributed by atoms with Gasteiger partial charge in [0.05, 0.1) is 18.9 Å². The Balaban J connectivity index is 2.04. The minimum absolute atomic E-state index is 0.000360. The van der Waals surface area contributed by atoms with Crippen molar-refractivity contribution in [3.8, 4) is 5.88 Å². The number of ether oxygens (including phenoxy) is 1. The smallest absolute Gasteiger partial charge is 0.307 e. The van der Waals surface area contributed by atoms with Crippen LogP contribution in [0, 0.1) is 11.8 Å². The Bertz CT molecular complexity index is 508. The number of rotatable bonds is 4. The SMILES string of the molecule is COc1cc(Cl)nc(NC(=O)[C@@H]2C[C@@H]2C(=O)O)n1. The van der Waals surface area contributed by atoms with Crippen molar-refractivity contribution in [3.63, 3.8) is 0 Å². The number of amides is 1. The highest BCUT2D eigenvalue weighted by Gasteiger charge is 2.48. The van der Waals surface area contributed by atoms with Gasteiger partial charge in [0.2, 0.25) is 17.7 Å². The van der Waals surface area contributed by atoms with E-state index in [1.807, 2.05) is 0 Å². The summed E-state index contributed by atoms with van der Waals surface area (Å²) >= 11 is 5.71. The summed E-state index contributed by atoms with van der Waals surface area (Å²) in [5, 5.41) is 11.3. The lowest BCUT2D eigenvalue weighted by Crippen LogP contribution is -2.18. The number of carbonyl (C=O) groups excluding carboxylic acids is 1. The maximum absolute atomic E-state index is 11.7. The quantitative estimate of drug-likeness (QED) is 0.786. The van der Waals surface area contributed by atoms with E-state index in [1.54, 1.807) is 0 Å². The summed E-state index contributed by atoms with van der Waals surface area (Å²) in [6.45, 7) is 0. The highest BCUT2D eigenvalue weighted by atomic mass is 35.5. The van der Waals surface area contributed by atoms with Crippen LogP contribution in [0.1, 0.15) is 6.42 Å². The second-order valence-electron chi connectivity index (χ2n) is 3.83. The van der Waals surface area contributed by atoms with E-state index in [0.717, 1.165) is 0 Å². The number of carbonyl (C=O) groups is 2. The molecule has 0 bridgehead atoms. The molecule has 1 aromatic rings. The lowest BCUT2D eigenvalue weighted by atomic mass is 10.3. The largest absolute Gasteiger partial charge is 0.481 e. The molecular formula is C10H10ClN3O4. The van der Waals surface area contributed by atoms with Crippen molar-refractivity contribution >= 4 is 29.4 Å². The third kappa shape index (κ3) is 2.67. The molecular weight excluding hydrogens is 262 g/mol. The van der Waals surface area contributed by atoms with Gasteiger partial charge in [-0.15, -0.1) is 0 Å². The molecule has 0 saturated heterocycles. The van der Waals surface area contributed by atoms with Crippen LogP contribution in [0.5, 0.6) is 5.88 Å². The lowest BCUT2D eigenvalue weighted by Gasteiger charge is -2.05. The van der Waals surface area contributed by atoms with Crippen molar-refractivity contribution in [2.75, 3.05) is 12.4 Å². The number of nitrogens with zero attached hydrogens (tertiary/aromatic N) is 2. The minimum atomic E-state index is -0.972. The fraction of sp³-hybridized carbons (Fsp3) is 0.400. The van der Waals surface area contributed by atoms with Crippen LogP contribution in [0.4, 0.5) is 5.95 Å². The summed E-state index contributed by atoms with van der Waals surface area (Å²) in [7, 11) is 1.41. The zero-order chi connectivity index (χ0) is 13.3. The first kappa shape index (κ1) is 12.6. The number of carboxylic acids is 1. The first-order valence-corrected chi connectivity index (χ1v) is 5.51. The Kier molecular flexibility index (Phi) is 3.33. The Morgan fingerprint density at radius 2 is 2.22 bits per heavy atom. The third-order valence-corrected chi connectivity index (χ3v) is 2.75. The van der Waals surface area contributed by atoms with Gasteiger partial charge in [-0.3, -0.25) is 14.9 Å². The van der Waals surface area contributed by atoms with Crippen LogP contribution >= 0.6 is 11.6 Å². The fourth-order valence-corrected chi connectivity index (χ4v) is 1.69. The molecule has 0 radical (unpaired) electrons. The van der Waals surface area contributed by atoms with Crippen molar-refractivity contribution in [2.45, 2.75) is 6.42 Å².